The van der Waals surface area contributed by atoms with Crippen LogP contribution in [0.5, 0.6) is 0 Å². The van der Waals surface area contributed by atoms with E-state index in [4.69, 9.17) is 5.11 Å². The topological polar surface area (TPSA) is 98.7 Å². The molecule has 0 radical (unpaired) electrons. The first kappa shape index (κ1) is 14.8. The molecule has 0 bridgehead atoms. The van der Waals surface area contributed by atoms with Gasteiger partial charge in [0.2, 0.25) is 0 Å². The molecule has 1 saturated carbocycles. The molecule has 1 aliphatic carbocycles. The first-order valence-corrected chi connectivity index (χ1v) is 6.42. The molecule has 0 aromatic rings. The molecular formula is C12H22N2O4. The molecule has 4 N–H and O–H groups in total. The molecule has 104 valence electrons. The van der Waals surface area contributed by atoms with Crippen LogP contribution in [0, 0.1) is 5.92 Å². The summed E-state index contributed by atoms with van der Waals surface area (Å²) in [6, 6.07) is -1.74. The fraction of sp³-hybridized carbons (Fsp3) is 0.833. The van der Waals surface area contributed by atoms with Gasteiger partial charge in [0.15, 0.2) is 6.04 Å². The highest BCUT2D eigenvalue weighted by molar-refractivity contribution is 5.83. The number of carboxylic acid groups (broad SMARTS) is 1. The first-order chi connectivity index (χ1) is 8.43. The lowest BCUT2D eigenvalue weighted by Crippen LogP contribution is -2.53. The maximum absolute atomic E-state index is 11.6. The maximum atomic E-state index is 11.6. The van der Waals surface area contributed by atoms with E-state index in [1.165, 1.54) is 19.8 Å². The van der Waals surface area contributed by atoms with Gasteiger partial charge in [-0.25, -0.2) is 9.59 Å². The summed E-state index contributed by atoms with van der Waals surface area (Å²) in [6.45, 7) is 3.32. The molecule has 0 spiro atoms. The van der Waals surface area contributed by atoms with Crippen molar-refractivity contribution < 1.29 is 19.8 Å². The standard InChI is InChI=1S/C12H22N2O4/c1-3-9(6-8-4-5-8)13-12(18)14-10(7(2)15)11(16)17/h7-10,15H,3-6H2,1-2H3,(H,16,17)(H2,13,14,18)/t7-,9?,10+/m1/s1. The van der Waals surface area contributed by atoms with E-state index in [-0.39, 0.29) is 6.04 Å². The van der Waals surface area contributed by atoms with Gasteiger partial charge in [0, 0.05) is 6.04 Å². The highest BCUT2D eigenvalue weighted by Gasteiger charge is 2.28. The van der Waals surface area contributed by atoms with Crippen molar-refractivity contribution >= 4 is 12.0 Å². The predicted molar refractivity (Wildman–Crippen MR) is 66.2 cm³/mol. The molecule has 6 heteroatoms. The number of nitrogens with one attached hydrogen (secondary N) is 2. The van der Waals surface area contributed by atoms with Gasteiger partial charge in [-0.2, -0.15) is 0 Å². The number of hydrogen-bond donors (Lipinski definition) is 4. The predicted octanol–water partition coefficient (Wildman–Crippen LogP) is 0.698. The van der Waals surface area contributed by atoms with Gasteiger partial charge in [0.05, 0.1) is 6.10 Å². The Morgan fingerprint density at radius 1 is 1.33 bits per heavy atom. The molecule has 0 aromatic carbocycles. The SMILES string of the molecule is CCC(CC1CC1)NC(=O)N[C@H](C(=O)O)[C@@H](C)O. The number of aliphatic carboxylic acids is 1. The van der Waals surface area contributed by atoms with Gasteiger partial charge in [-0.1, -0.05) is 19.8 Å². The van der Waals surface area contributed by atoms with Crippen LogP contribution in [0.25, 0.3) is 0 Å². The Morgan fingerprint density at radius 3 is 2.33 bits per heavy atom. The number of carboxylic acids is 1. The number of rotatable bonds is 7. The summed E-state index contributed by atoms with van der Waals surface area (Å²) in [5, 5.41) is 23.1. The zero-order valence-corrected chi connectivity index (χ0v) is 10.8. The average Bonchev–Trinajstić information content (AvgIpc) is 3.08. The number of aliphatic hydroxyl groups is 1. The van der Waals surface area contributed by atoms with Crippen LogP contribution < -0.4 is 10.6 Å². The lowest BCUT2D eigenvalue weighted by Gasteiger charge is -2.21. The van der Waals surface area contributed by atoms with Crippen LogP contribution in [0.2, 0.25) is 0 Å². The Kier molecular flexibility index (Phi) is 5.40. The van der Waals surface area contributed by atoms with E-state index in [9.17, 15) is 14.7 Å². The van der Waals surface area contributed by atoms with E-state index in [2.05, 4.69) is 10.6 Å². The summed E-state index contributed by atoms with van der Waals surface area (Å²) < 4.78 is 0. The van der Waals surface area contributed by atoms with Crippen molar-refractivity contribution in [2.75, 3.05) is 0 Å². The lowest BCUT2D eigenvalue weighted by molar-refractivity contribution is -0.141. The second kappa shape index (κ2) is 6.58. The van der Waals surface area contributed by atoms with E-state index < -0.39 is 24.1 Å². The number of hydrogen-bond acceptors (Lipinski definition) is 3. The van der Waals surface area contributed by atoms with Crippen molar-refractivity contribution in [3.8, 4) is 0 Å². The zero-order chi connectivity index (χ0) is 13.7. The quantitative estimate of drug-likeness (QED) is 0.540. The molecular weight excluding hydrogens is 236 g/mol. The fourth-order valence-electron chi connectivity index (χ4n) is 1.84. The van der Waals surface area contributed by atoms with E-state index >= 15 is 0 Å². The zero-order valence-electron chi connectivity index (χ0n) is 10.8. The van der Waals surface area contributed by atoms with Gasteiger partial charge in [-0.15, -0.1) is 0 Å². The Hall–Kier alpha value is -1.30. The highest BCUT2D eigenvalue weighted by atomic mass is 16.4. The van der Waals surface area contributed by atoms with Crippen LogP contribution in [0.4, 0.5) is 4.79 Å². The van der Waals surface area contributed by atoms with E-state index in [0.29, 0.717) is 5.92 Å². The highest BCUT2D eigenvalue weighted by Crippen LogP contribution is 2.33. The van der Waals surface area contributed by atoms with Crippen LogP contribution in [0.1, 0.15) is 39.5 Å². The molecule has 3 atom stereocenters. The Labute approximate surface area is 107 Å². The molecule has 0 heterocycles. The third kappa shape index (κ3) is 4.91. The van der Waals surface area contributed by atoms with Gasteiger partial charge in [0.25, 0.3) is 0 Å². The summed E-state index contributed by atoms with van der Waals surface area (Å²) in [7, 11) is 0. The van der Waals surface area contributed by atoms with Crippen LogP contribution >= 0.6 is 0 Å². The van der Waals surface area contributed by atoms with Crippen LogP contribution in [-0.2, 0) is 4.79 Å². The summed E-state index contributed by atoms with van der Waals surface area (Å²) in [5.74, 6) is -0.544. The Balaban J connectivity index is 2.39. The number of aliphatic hydroxyl groups excluding tert-OH is 1. The van der Waals surface area contributed by atoms with Crippen LogP contribution in [-0.4, -0.2) is 40.4 Å². The molecule has 0 saturated heterocycles. The third-order valence-corrected chi connectivity index (χ3v) is 3.18. The molecule has 1 unspecified atom stereocenters. The lowest BCUT2D eigenvalue weighted by atomic mass is 10.1. The number of carbonyl (C=O) groups is 2. The minimum Gasteiger partial charge on any atom is -0.480 e. The minimum atomic E-state index is -1.27. The summed E-state index contributed by atoms with van der Waals surface area (Å²) in [6.07, 6.45) is 3.06. The molecule has 0 aliphatic heterocycles. The van der Waals surface area contributed by atoms with Gasteiger partial charge in [-0.3, -0.25) is 0 Å². The normalized spacial score (nSPS) is 19.7. The first-order valence-electron chi connectivity index (χ1n) is 6.42. The fourth-order valence-corrected chi connectivity index (χ4v) is 1.84. The molecule has 0 aromatic heterocycles. The molecule has 18 heavy (non-hydrogen) atoms. The largest absolute Gasteiger partial charge is 0.480 e. The van der Waals surface area contributed by atoms with Crippen LogP contribution in [0.15, 0.2) is 0 Å². The number of carbonyl (C=O) groups excluding carboxylic acids is 1. The Bertz CT molecular complexity index is 302. The van der Waals surface area contributed by atoms with Crippen molar-refractivity contribution in [2.24, 2.45) is 5.92 Å². The van der Waals surface area contributed by atoms with E-state index in [0.717, 1.165) is 12.8 Å². The third-order valence-electron chi connectivity index (χ3n) is 3.18. The van der Waals surface area contributed by atoms with Gasteiger partial charge < -0.3 is 20.8 Å². The van der Waals surface area contributed by atoms with E-state index in [1.807, 2.05) is 6.92 Å². The van der Waals surface area contributed by atoms with Crippen molar-refractivity contribution in [3.05, 3.63) is 0 Å². The number of amides is 2. The van der Waals surface area contributed by atoms with Crippen molar-refractivity contribution in [1.82, 2.24) is 10.6 Å². The Morgan fingerprint density at radius 2 is 1.94 bits per heavy atom. The van der Waals surface area contributed by atoms with Gasteiger partial charge >= 0.3 is 12.0 Å². The second-order valence-electron chi connectivity index (χ2n) is 4.96. The van der Waals surface area contributed by atoms with Crippen molar-refractivity contribution in [1.29, 1.82) is 0 Å². The van der Waals surface area contributed by atoms with Crippen LogP contribution in [0.3, 0.4) is 0 Å². The monoisotopic (exact) mass is 258 g/mol. The summed E-state index contributed by atoms with van der Waals surface area (Å²) >= 11 is 0. The molecule has 2 amide bonds. The maximum Gasteiger partial charge on any atom is 0.328 e. The van der Waals surface area contributed by atoms with Gasteiger partial charge in [0.1, 0.15) is 0 Å². The molecule has 1 rings (SSSR count). The van der Waals surface area contributed by atoms with Crippen molar-refractivity contribution in [3.63, 3.8) is 0 Å². The molecule has 6 nitrogen and oxygen atoms in total. The summed E-state index contributed by atoms with van der Waals surface area (Å²) in [5.41, 5.74) is 0. The molecule has 1 aliphatic rings. The smallest absolute Gasteiger partial charge is 0.328 e. The average molecular weight is 258 g/mol. The number of urea groups is 1. The van der Waals surface area contributed by atoms with Crippen molar-refractivity contribution in [2.45, 2.75) is 57.7 Å². The molecule has 1 fully saturated rings. The minimum absolute atomic E-state index is 0.0703. The van der Waals surface area contributed by atoms with E-state index in [1.54, 1.807) is 0 Å². The second-order valence-corrected chi connectivity index (χ2v) is 4.96. The summed E-state index contributed by atoms with van der Waals surface area (Å²) in [4.78, 5) is 22.5. The van der Waals surface area contributed by atoms with Gasteiger partial charge in [-0.05, 0) is 25.7 Å².